The van der Waals surface area contributed by atoms with Crippen LogP contribution in [0.1, 0.15) is 5.56 Å². The summed E-state index contributed by atoms with van der Waals surface area (Å²) in [6, 6.07) is 10.6. The first-order valence-corrected chi connectivity index (χ1v) is 12.5. The molecule has 0 aliphatic carbocycles. The van der Waals surface area contributed by atoms with Crippen LogP contribution in [0.5, 0.6) is 0 Å². The third-order valence-electron chi connectivity index (χ3n) is 4.03. The highest BCUT2D eigenvalue weighted by Gasteiger charge is 2.23. The van der Waals surface area contributed by atoms with Gasteiger partial charge in [0.1, 0.15) is 6.54 Å². The van der Waals surface area contributed by atoms with Crippen molar-refractivity contribution in [1.82, 2.24) is 4.31 Å². The maximum Gasteiger partial charge on any atom is 0.245 e. The number of hydrogen-bond donors (Lipinski definition) is 1. The number of carbonyl (C=O) groups excluding carboxylic acids is 1. The number of nitrogens with zero attached hydrogens (tertiary/aromatic N) is 2. The van der Waals surface area contributed by atoms with Crippen LogP contribution in [0.2, 0.25) is 0 Å². The van der Waals surface area contributed by atoms with E-state index >= 15 is 0 Å². The van der Waals surface area contributed by atoms with Crippen molar-refractivity contribution in [2.75, 3.05) is 36.5 Å². The summed E-state index contributed by atoms with van der Waals surface area (Å²) in [4.78, 5) is 12.4. The summed E-state index contributed by atoms with van der Waals surface area (Å²) in [6.07, 6.45) is 0.981. The van der Waals surface area contributed by atoms with Crippen LogP contribution in [0, 0.1) is 6.92 Å². The molecule has 0 aliphatic rings. The maximum absolute atomic E-state index is 12.4. The summed E-state index contributed by atoms with van der Waals surface area (Å²) in [7, 11) is -4.62. The number of rotatable bonds is 7. The fraction of sp³-hybridized carbons (Fsp3) is 0.278. The molecule has 158 valence electrons. The van der Waals surface area contributed by atoms with Crippen molar-refractivity contribution in [3.05, 3.63) is 52.5 Å². The molecule has 0 unspecified atom stereocenters. The number of nitrogens with one attached hydrogen (secondary N) is 1. The van der Waals surface area contributed by atoms with Gasteiger partial charge in [-0.2, -0.15) is 0 Å². The minimum absolute atomic E-state index is 0.0227. The second-order valence-electron chi connectivity index (χ2n) is 6.56. The second-order valence-corrected chi connectivity index (χ2v) is 11.5. The van der Waals surface area contributed by atoms with Crippen LogP contribution in [0.3, 0.4) is 0 Å². The van der Waals surface area contributed by atoms with Gasteiger partial charge in [-0.05, 0) is 55.0 Å². The zero-order chi connectivity index (χ0) is 22.0. The molecular formula is C18H22BrN3O5S2. The molecule has 29 heavy (non-hydrogen) atoms. The molecule has 1 amide bonds. The Morgan fingerprint density at radius 2 is 1.62 bits per heavy atom. The van der Waals surface area contributed by atoms with Crippen LogP contribution in [-0.2, 0) is 24.8 Å². The summed E-state index contributed by atoms with van der Waals surface area (Å²) in [6.45, 7) is 1.42. The van der Waals surface area contributed by atoms with Crippen LogP contribution in [0.4, 0.5) is 11.4 Å². The molecule has 0 atom stereocenters. The Bertz CT molecular complexity index is 1110. The molecule has 1 N–H and O–H groups in total. The Labute approximate surface area is 179 Å². The largest absolute Gasteiger partial charge is 0.325 e. The molecule has 0 saturated carbocycles. The summed E-state index contributed by atoms with van der Waals surface area (Å²) >= 11 is 3.38. The van der Waals surface area contributed by atoms with Crippen LogP contribution in [-0.4, -0.2) is 53.9 Å². The first-order valence-electron chi connectivity index (χ1n) is 8.38. The summed E-state index contributed by atoms with van der Waals surface area (Å²) < 4.78 is 51.6. The normalized spacial score (nSPS) is 12.1. The van der Waals surface area contributed by atoms with Gasteiger partial charge in [-0.1, -0.05) is 15.9 Å². The minimum Gasteiger partial charge on any atom is -0.325 e. The molecule has 8 nitrogen and oxygen atoms in total. The third-order valence-corrected chi connectivity index (χ3v) is 7.89. The Morgan fingerprint density at radius 3 is 2.10 bits per heavy atom. The minimum atomic E-state index is -3.78. The number of halogens is 1. The van der Waals surface area contributed by atoms with E-state index in [9.17, 15) is 21.6 Å². The summed E-state index contributed by atoms with van der Waals surface area (Å²) in [5.41, 5.74) is 1.64. The molecule has 0 saturated heterocycles. The molecule has 0 bridgehead atoms. The topological polar surface area (TPSA) is 104 Å². The first-order chi connectivity index (χ1) is 13.3. The van der Waals surface area contributed by atoms with Crippen molar-refractivity contribution in [3.8, 4) is 0 Å². The maximum atomic E-state index is 12.4. The average molecular weight is 504 g/mol. The number of sulfonamides is 2. The van der Waals surface area contributed by atoms with E-state index in [1.54, 1.807) is 18.2 Å². The highest BCUT2D eigenvalue weighted by atomic mass is 79.9. The first kappa shape index (κ1) is 23.3. The van der Waals surface area contributed by atoms with Crippen LogP contribution >= 0.6 is 15.9 Å². The molecule has 2 rings (SSSR count). The van der Waals surface area contributed by atoms with Crippen molar-refractivity contribution in [3.63, 3.8) is 0 Å². The lowest BCUT2D eigenvalue weighted by Crippen LogP contribution is -2.37. The highest BCUT2D eigenvalue weighted by molar-refractivity contribution is 9.10. The lowest BCUT2D eigenvalue weighted by atomic mass is 10.2. The SMILES string of the molecule is Cc1cc(NC(=O)CN(c2ccc(S(=O)(=O)N(C)C)cc2)S(C)(=O)=O)ccc1Br. The third kappa shape index (κ3) is 5.78. The molecular weight excluding hydrogens is 482 g/mol. The molecule has 2 aromatic carbocycles. The van der Waals surface area contributed by atoms with Crippen molar-refractivity contribution in [2.24, 2.45) is 0 Å². The van der Waals surface area contributed by atoms with Gasteiger partial charge in [0.25, 0.3) is 0 Å². The number of hydrogen-bond acceptors (Lipinski definition) is 5. The zero-order valence-corrected chi connectivity index (χ0v) is 19.6. The van der Waals surface area contributed by atoms with E-state index in [2.05, 4.69) is 21.2 Å². The number of benzene rings is 2. The van der Waals surface area contributed by atoms with Crippen molar-refractivity contribution < 1.29 is 21.6 Å². The molecule has 0 aromatic heterocycles. The predicted molar refractivity (Wildman–Crippen MR) is 117 cm³/mol. The van der Waals surface area contributed by atoms with E-state index in [0.717, 1.165) is 24.9 Å². The highest BCUT2D eigenvalue weighted by Crippen LogP contribution is 2.23. The Kier molecular flexibility index (Phi) is 7.10. The monoisotopic (exact) mass is 503 g/mol. The van der Waals surface area contributed by atoms with Gasteiger partial charge < -0.3 is 5.32 Å². The number of anilines is 2. The second kappa shape index (κ2) is 8.82. The van der Waals surface area contributed by atoms with Gasteiger partial charge in [0.15, 0.2) is 0 Å². The van der Waals surface area contributed by atoms with E-state index in [4.69, 9.17) is 0 Å². The van der Waals surface area contributed by atoms with Gasteiger partial charge in [0.05, 0.1) is 16.8 Å². The van der Waals surface area contributed by atoms with E-state index in [-0.39, 0.29) is 10.6 Å². The molecule has 11 heteroatoms. The summed E-state index contributed by atoms with van der Waals surface area (Å²) in [5, 5.41) is 2.66. The van der Waals surface area contributed by atoms with Crippen LogP contribution < -0.4 is 9.62 Å². The van der Waals surface area contributed by atoms with Gasteiger partial charge in [-0.15, -0.1) is 0 Å². The van der Waals surface area contributed by atoms with E-state index in [1.165, 1.54) is 38.4 Å². The van der Waals surface area contributed by atoms with Gasteiger partial charge in [-0.3, -0.25) is 9.10 Å². The van der Waals surface area contributed by atoms with Gasteiger partial charge in [-0.25, -0.2) is 21.1 Å². The van der Waals surface area contributed by atoms with Crippen molar-refractivity contribution in [1.29, 1.82) is 0 Å². The molecule has 0 heterocycles. The van der Waals surface area contributed by atoms with Gasteiger partial charge in [0, 0.05) is 24.3 Å². The number of carbonyl (C=O) groups is 1. The van der Waals surface area contributed by atoms with E-state index < -0.39 is 32.5 Å². The average Bonchev–Trinajstić information content (AvgIpc) is 2.62. The quantitative estimate of drug-likeness (QED) is 0.624. The van der Waals surface area contributed by atoms with Gasteiger partial charge in [0.2, 0.25) is 26.0 Å². The van der Waals surface area contributed by atoms with Gasteiger partial charge >= 0.3 is 0 Å². The zero-order valence-electron chi connectivity index (χ0n) is 16.4. The van der Waals surface area contributed by atoms with Crippen molar-refractivity contribution >= 4 is 53.3 Å². The molecule has 0 aliphatic heterocycles. The van der Waals surface area contributed by atoms with E-state index in [0.29, 0.717) is 5.69 Å². The molecule has 0 spiro atoms. The smallest absolute Gasteiger partial charge is 0.245 e. The Hall–Kier alpha value is -1.95. The fourth-order valence-electron chi connectivity index (χ4n) is 2.45. The molecule has 0 radical (unpaired) electrons. The van der Waals surface area contributed by atoms with Crippen LogP contribution in [0.25, 0.3) is 0 Å². The Morgan fingerprint density at radius 1 is 1.03 bits per heavy atom. The fourth-order valence-corrected chi connectivity index (χ4v) is 4.45. The van der Waals surface area contributed by atoms with E-state index in [1.807, 2.05) is 6.92 Å². The predicted octanol–water partition coefficient (Wildman–Crippen LogP) is 2.41. The van der Waals surface area contributed by atoms with Crippen molar-refractivity contribution in [2.45, 2.75) is 11.8 Å². The lowest BCUT2D eigenvalue weighted by molar-refractivity contribution is -0.114. The standard InChI is InChI=1S/C18H22BrN3O5S2/c1-13-11-14(5-10-17(13)19)20-18(23)12-22(28(4,24)25)15-6-8-16(9-7-15)29(26,27)21(2)3/h5-11H,12H2,1-4H3,(H,20,23). The summed E-state index contributed by atoms with van der Waals surface area (Å²) in [5.74, 6) is -0.526. The Balaban J connectivity index is 2.26. The van der Waals surface area contributed by atoms with Crippen LogP contribution in [0.15, 0.2) is 51.8 Å². The lowest BCUT2D eigenvalue weighted by Gasteiger charge is -2.22. The number of amides is 1. The number of aryl methyl sites for hydroxylation is 1. The molecule has 2 aromatic rings. The molecule has 0 fully saturated rings.